The summed E-state index contributed by atoms with van der Waals surface area (Å²) in [7, 11) is 0. The largest absolute Gasteiger partial charge is 0.375 e. The monoisotopic (exact) mass is 377 g/mol. The predicted molar refractivity (Wildman–Crippen MR) is 107 cm³/mol. The quantitative estimate of drug-likeness (QED) is 0.607. The number of aryl methyl sites for hydroxylation is 2. The second kappa shape index (κ2) is 9.55. The van der Waals surface area contributed by atoms with Crippen molar-refractivity contribution in [3.8, 4) is 0 Å². The molecule has 27 heavy (non-hydrogen) atoms. The molecule has 3 heterocycles. The normalized spacial score (nSPS) is 25.0. The van der Waals surface area contributed by atoms with Gasteiger partial charge in [0.2, 0.25) is 0 Å². The molecule has 1 aromatic rings. The minimum atomic E-state index is 0.150. The molecule has 0 aromatic carbocycles. The van der Waals surface area contributed by atoms with E-state index in [1.807, 2.05) is 6.92 Å². The average molecular weight is 378 g/mol. The van der Waals surface area contributed by atoms with E-state index < -0.39 is 0 Å². The van der Waals surface area contributed by atoms with Crippen molar-refractivity contribution in [1.82, 2.24) is 20.0 Å². The van der Waals surface area contributed by atoms with Crippen LogP contribution in [-0.2, 0) is 16.0 Å². The first kappa shape index (κ1) is 20.1. The smallest absolute Gasteiger partial charge is 0.194 e. The topological polar surface area (TPSA) is 63.9 Å². The van der Waals surface area contributed by atoms with Gasteiger partial charge >= 0.3 is 0 Å². The molecule has 0 spiro atoms. The maximum absolute atomic E-state index is 5.98. The average Bonchev–Trinajstić information content (AvgIpc) is 3.29. The van der Waals surface area contributed by atoms with E-state index in [0.717, 1.165) is 70.4 Å². The van der Waals surface area contributed by atoms with Gasteiger partial charge in [0.25, 0.3) is 0 Å². The van der Waals surface area contributed by atoms with Crippen LogP contribution in [0.1, 0.15) is 38.1 Å². The molecule has 2 fully saturated rings. The highest BCUT2D eigenvalue weighted by Crippen LogP contribution is 2.21. The van der Waals surface area contributed by atoms with Crippen LogP contribution in [0.3, 0.4) is 0 Å². The van der Waals surface area contributed by atoms with Crippen LogP contribution in [0, 0.1) is 19.8 Å². The van der Waals surface area contributed by atoms with Gasteiger partial charge in [-0.25, -0.2) is 0 Å². The van der Waals surface area contributed by atoms with Crippen molar-refractivity contribution in [3.63, 3.8) is 0 Å². The predicted octanol–water partition coefficient (Wildman–Crippen LogP) is 1.98. The van der Waals surface area contributed by atoms with E-state index in [1.54, 1.807) is 0 Å². The fourth-order valence-electron chi connectivity index (χ4n) is 3.87. The minimum Gasteiger partial charge on any atom is -0.375 e. The number of guanidine groups is 1. The number of nitrogens with zero attached hydrogens (tertiary/aromatic N) is 4. The molecular weight excluding hydrogens is 342 g/mol. The van der Waals surface area contributed by atoms with E-state index in [1.165, 1.54) is 5.69 Å². The first-order valence-corrected chi connectivity index (χ1v) is 10.3. The molecule has 1 N–H and O–H groups in total. The summed E-state index contributed by atoms with van der Waals surface area (Å²) in [4.78, 5) is 7.25. The zero-order valence-electron chi connectivity index (χ0n) is 17.3. The van der Waals surface area contributed by atoms with Crippen molar-refractivity contribution < 1.29 is 9.47 Å². The lowest BCUT2D eigenvalue weighted by Gasteiger charge is -2.37. The maximum atomic E-state index is 5.98. The first-order valence-electron chi connectivity index (χ1n) is 10.3. The van der Waals surface area contributed by atoms with Crippen molar-refractivity contribution >= 4 is 5.96 Å². The Bertz CT molecular complexity index is 624. The van der Waals surface area contributed by atoms with Crippen LogP contribution >= 0.6 is 0 Å². The second-order valence-corrected chi connectivity index (χ2v) is 7.82. The van der Waals surface area contributed by atoms with Gasteiger partial charge < -0.3 is 19.7 Å². The molecule has 7 heteroatoms. The summed E-state index contributed by atoms with van der Waals surface area (Å²) in [5.41, 5.74) is 2.29. The van der Waals surface area contributed by atoms with Gasteiger partial charge in [-0.2, -0.15) is 5.10 Å². The van der Waals surface area contributed by atoms with E-state index >= 15 is 0 Å². The summed E-state index contributed by atoms with van der Waals surface area (Å²) in [5, 5.41) is 8.02. The molecule has 7 nitrogen and oxygen atoms in total. The minimum absolute atomic E-state index is 0.150. The van der Waals surface area contributed by atoms with Gasteiger partial charge in [0.15, 0.2) is 5.96 Å². The third kappa shape index (κ3) is 5.45. The van der Waals surface area contributed by atoms with Crippen molar-refractivity contribution in [3.05, 3.63) is 17.5 Å². The van der Waals surface area contributed by atoms with Crippen LogP contribution in [0.4, 0.5) is 0 Å². The number of morpholine rings is 1. The number of hydrogen-bond acceptors (Lipinski definition) is 4. The summed E-state index contributed by atoms with van der Waals surface area (Å²) >= 11 is 0. The molecule has 3 atom stereocenters. The van der Waals surface area contributed by atoms with Crippen molar-refractivity contribution in [2.45, 2.75) is 59.3 Å². The molecule has 2 aliphatic heterocycles. The summed E-state index contributed by atoms with van der Waals surface area (Å²) in [6.07, 6.45) is 2.63. The van der Waals surface area contributed by atoms with Gasteiger partial charge in [-0.3, -0.25) is 9.67 Å². The van der Waals surface area contributed by atoms with Crippen molar-refractivity contribution in [1.29, 1.82) is 0 Å². The lowest BCUT2D eigenvalue weighted by Crippen LogP contribution is -2.53. The zero-order chi connectivity index (χ0) is 19.2. The van der Waals surface area contributed by atoms with Crippen LogP contribution in [0.25, 0.3) is 0 Å². The first-order chi connectivity index (χ1) is 13.1. The van der Waals surface area contributed by atoms with E-state index in [9.17, 15) is 0 Å². The van der Waals surface area contributed by atoms with E-state index in [0.29, 0.717) is 5.92 Å². The molecule has 3 rings (SSSR count). The molecule has 0 saturated carbocycles. The van der Waals surface area contributed by atoms with Crippen molar-refractivity contribution in [2.24, 2.45) is 10.9 Å². The molecule has 2 saturated heterocycles. The Morgan fingerprint density at radius 3 is 2.81 bits per heavy atom. The fourth-order valence-corrected chi connectivity index (χ4v) is 3.87. The van der Waals surface area contributed by atoms with Gasteiger partial charge in [-0.15, -0.1) is 0 Å². The summed E-state index contributed by atoms with van der Waals surface area (Å²) in [6.45, 7) is 14.4. The molecule has 0 amide bonds. The Kier molecular flexibility index (Phi) is 7.13. The second-order valence-electron chi connectivity index (χ2n) is 7.82. The Hall–Kier alpha value is -1.60. The highest BCUT2D eigenvalue weighted by molar-refractivity contribution is 5.80. The Morgan fingerprint density at radius 1 is 1.33 bits per heavy atom. The number of nitrogens with one attached hydrogen (secondary N) is 1. The van der Waals surface area contributed by atoms with E-state index in [4.69, 9.17) is 14.5 Å². The Balaban J connectivity index is 1.58. The van der Waals surface area contributed by atoms with Crippen molar-refractivity contribution in [2.75, 3.05) is 39.4 Å². The lowest BCUT2D eigenvalue weighted by molar-refractivity contribution is -0.0817. The summed E-state index contributed by atoms with van der Waals surface area (Å²) in [6, 6.07) is 2.12. The van der Waals surface area contributed by atoms with Gasteiger partial charge in [-0.05, 0) is 45.6 Å². The van der Waals surface area contributed by atoms with Gasteiger partial charge in [0, 0.05) is 45.0 Å². The lowest BCUT2D eigenvalue weighted by atomic mass is 10.1. The number of ether oxygens (including phenoxy) is 2. The fraction of sp³-hybridized carbons (Fsp3) is 0.800. The molecule has 0 bridgehead atoms. The molecule has 1 aromatic heterocycles. The zero-order valence-corrected chi connectivity index (χ0v) is 17.3. The molecule has 3 unspecified atom stereocenters. The summed E-state index contributed by atoms with van der Waals surface area (Å²) in [5.74, 6) is 1.41. The maximum Gasteiger partial charge on any atom is 0.194 e. The van der Waals surface area contributed by atoms with E-state index in [-0.39, 0.29) is 12.2 Å². The molecule has 152 valence electrons. The highest BCUT2D eigenvalue weighted by Gasteiger charge is 2.32. The Labute approximate surface area is 163 Å². The molecular formula is C20H35N5O2. The van der Waals surface area contributed by atoms with Crippen LogP contribution < -0.4 is 5.32 Å². The van der Waals surface area contributed by atoms with Gasteiger partial charge in [-0.1, -0.05) is 6.92 Å². The summed E-state index contributed by atoms with van der Waals surface area (Å²) < 4.78 is 13.9. The number of hydrogen-bond donors (Lipinski definition) is 1. The Morgan fingerprint density at radius 2 is 2.15 bits per heavy atom. The number of aromatic nitrogens is 2. The van der Waals surface area contributed by atoms with Gasteiger partial charge in [0.05, 0.1) is 18.4 Å². The number of rotatable bonds is 6. The van der Waals surface area contributed by atoms with Crippen LogP contribution in [0.5, 0.6) is 0 Å². The highest BCUT2D eigenvalue weighted by atomic mass is 16.5. The van der Waals surface area contributed by atoms with Crippen LogP contribution in [0.15, 0.2) is 11.1 Å². The van der Waals surface area contributed by atoms with Gasteiger partial charge in [0.1, 0.15) is 6.10 Å². The number of aliphatic imine (C=N–C) groups is 1. The molecule has 2 aliphatic rings. The standard InChI is InChI=1S/C20H35N5O2/c1-5-21-20(22-12-15(2)13-25-17(4)11-16(3)23-25)24-8-10-27-19(14-24)18-7-6-9-26-18/h11,15,18-19H,5-10,12-14H2,1-4H3,(H,21,22). The van der Waals surface area contributed by atoms with E-state index in [2.05, 4.69) is 46.8 Å². The SMILES string of the molecule is CCNC(=NCC(C)Cn1nc(C)cc1C)N1CCOC(C2CCCO2)C1. The van der Waals surface area contributed by atoms with Crippen LogP contribution in [-0.4, -0.2) is 72.2 Å². The third-order valence-electron chi connectivity index (χ3n) is 5.25. The third-order valence-corrected chi connectivity index (χ3v) is 5.25. The van der Waals surface area contributed by atoms with Crippen LogP contribution in [0.2, 0.25) is 0 Å². The molecule has 0 radical (unpaired) electrons. The molecule has 0 aliphatic carbocycles.